The molecule has 2 aromatic rings. The normalized spacial score (nSPS) is 10.0. The zero-order chi connectivity index (χ0) is 13.7. The minimum atomic E-state index is -0.339. The van der Waals surface area contributed by atoms with E-state index >= 15 is 0 Å². The first kappa shape index (κ1) is 13.1. The third kappa shape index (κ3) is 3.31. The largest absolute Gasteiger partial charge is 0.487 e. The van der Waals surface area contributed by atoms with Gasteiger partial charge >= 0.3 is 5.97 Å². The summed E-state index contributed by atoms with van der Waals surface area (Å²) in [5.41, 5.74) is 2.23. The predicted molar refractivity (Wildman–Crippen MR) is 71.1 cm³/mol. The van der Waals surface area contributed by atoms with Crippen LogP contribution in [-0.2, 0) is 11.3 Å². The van der Waals surface area contributed by atoms with Crippen LogP contribution in [0, 0.1) is 6.92 Å². The Bertz CT molecular complexity index is 567. The number of methoxy groups -OCH3 is 1. The molecule has 1 aromatic carbocycles. The first-order valence-electron chi connectivity index (χ1n) is 5.92. The maximum Gasteiger partial charge on any atom is 0.338 e. The van der Waals surface area contributed by atoms with Crippen molar-refractivity contribution < 1.29 is 14.3 Å². The number of hydrogen-bond donors (Lipinski definition) is 0. The van der Waals surface area contributed by atoms with E-state index in [-0.39, 0.29) is 5.97 Å². The summed E-state index contributed by atoms with van der Waals surface area (Å²) in [4.78, 5) is 15.6. The number of carbonyl (C=O) groups is 1. The molecule has 0 aliphatic heterocycles. The summed E-state index contributed by atoms with van der Waals surface area (Å²) >= 11 is 0. The van der Waals surface area contributed by atoms with E-state index in [0.717, 1.165) is 11.3 Å². The van der Waals surface area contributed by atoms with E-state index in [1.165, 1.54) is 7.11 Å². The molecule has 1 aromatic heterocycles. The van der Waals surface area contributed by atoms with Gasteiger partial charge in [0.1, 0.15) is 12.4 Å². The Balaban J connectivity index is 2.06. The van der Waals surface area contributed by atoms with Gasteiger partial charge in [0.2, 0.25) is 0 Å². The summed E-state index contributed by atoms with van der Waals surface area (Å²) < 4.78 is 10.3. The standard InChI is InChI=1S/C15H15NO3/c1-11-9-13(6-7-14(11)15(17)18-2)19-10-12-5-3-4-8-16-12/h3-9H,10H2,1-2H3. The number of carbonyl (C=O) groups excluding carboxylic acids is 1. The lowest BCUT2D eigenvalue weighted by molar-refractivity contribution is 0.0600. The van der Waals surface area contributed by atoms with Crippen molar-refractivity contribution in [3.05, 3.63) is 59.4 Å². The number of hydrogen-bond acceptors (Lipinski definition) is 4. The smallest absolute Gasteiger partial charge is 0.338 e. The van der Waals surface area contributed by atoms with Crippen LogP contribution in [-0.4, -0.2) is 18.1 Å². The predicted octanol–water partition coefficient (Wildman–Crippen LogP) is 2.76. The summed E-state index contributed by atoms with van der Waals surface area (Å²) in [6.45, 7) is 2.25. The van der Waals surface area contributed by atoms with Gasteiger partial charge in [-0.3, -0.25) is 4.98 Å². The molecule has 4 heteroatoms. The molecule has 0 fully saturated rings. The van der Waals surface area contributed by atoms with Gasteiger partial charge in [-0.15, -0.1) is 0 Å². The third-order valence-corrected chi connectivity index (χ3v) is 2.72. The summed E-state index contributed by atoms with van der Waals surface area (Å²) in [6, 6.07) is 10.9. The van der Waals surface area contributed by atoms with Gasteiger partial charge in [0.15, 0.2) is 0 Å². The zero-order valence-corrected chi connectivity index (χ0v) is 10.9. The van der Waals surface area contributed by atoms with E-state index < -0.39 is 0 Å². The number of aromatic nitrogens is 1. The summed E-state index contributed by atoms with van der Waals surface area (Å²) in [5, 5.41) is 0. The highest BCUT2D eigenvalue weighted by molar-refractivity contribution is 5.91. The maximum absolute atomic E-state index is 11.5. The molecule has 0 aliphatic carbocycles. The minimum Gasteiger partial charge on any atom is -0.487 e. The monoisotopic (exact) mass is 257 g/mol. The molecular formula is C15H15NO3. The molecule has 19 heavy (non-hydrogen) atoms. The molecule has 1 heterocycles. The van der Waals surface area contributed by atoms with Crippen LogP contribution >= 0.6 is 0 Å². The number of benzene rings is 1. The molecule has 98 valence electrons. The van der Waals surface area contributed by atoms with Crippen LogP contribution < -0.4 is 4.74 Å². The lowest BCUT2D eigenvalue weighted by atomic mass is 10.1. The molecule has 0 amide bonds. The molecule has 0 saturated carbocycles. The fourth-order valence-corrected chi connectivity index (χ4v) is 1.71. The van der Waals surface area contributed by atoms with Gasteiger partial charge in [0, 0.05) is 6.20 Å². The second kappa shape index (κ2) is 6.00. The van der Waals surface area contributed by atoms with Crippen molar-refractivity contribution >= 4 is 5.97 Å². The summed E-state index contributed by atoms with van der Waals surface area (Å²) in [5.74, 6) is 0.365. The van der Waals surface area contributed by atoms with Crippen LogP contribution in [0.15, 0.2) is 42.6 Å². The molecule has 0 unspecified atom stereocenters. The molecule has 0 N–H and O–H groups in total. The van der Waals surface area contributed by atoms with Crippen LogP contribution in [0.1, 0.15) is 21.6 Å². The Morgan fingerprint density at radius 2 is 2.11 bits per heavy atom. The molecule has 0 atom stereocenters. The summed E-state index contributed by atoms with van der Waals surface area (Å²) in [7, 11) is 1.37. The van der Waals surface area contributed by atoms with Gasteiger partial charge in [0.05, 0.1) is 18.4 Å². The highest BCUT2D eigenvalue weighted by atomic mass is 16.5. The van der Waals surface area contributed by atoms with Gasteiger partial charge < -0.3 is 9.47 Å². The van der Waals surface area contributed by atoms with Crippen LogP contribution in [0.25, 0.3) is 0 Å². The molecule has 4 nitrogen and oxygen atoms in total. The van der Waals surface area contributed by atoms with E-state index in [4.69, 9.17) is 9.47 Å². The Morgan fingerprint density at radius 1 is 1.26 bits per heavy atom. The van der Waals surface area contributed by atoms with Gasteiger partial charge in [0.25, 0.3) is 0 Å². The topological polar surface area (TPSA) is 48.4 Å². The average molecular weight is 257 g/mol. The Morgan fingerprint density at radius 3 is 2.74 bits per heavy atom. The Hall–Kier alpha value is -2.36. The second-order valence-corrected chi connectivity index (χ2v) is 4.08. The molecule has 0 radical (unpaired) electrons. The fourth-order valence-electron chi connectivity index (χ4n) is 1.71. The lowest BCUT2D eigenvalue weighted by Gasteiger charge is -2.08. The number of rotatable bonds is 4. The molecule has 0 spiro atoms. The summed E-state index contributed by atoms with van der Waals surface area (Å²) in [6.07, 6.45) is 1.73. The number of pyridine rings is 1. The quantitative estimate of drug-likeness (QED) is 0.790. The highest BCUT2D eigenvalue weighted by Gasteiger charge is 2.09. The van der Waals surface area contributed by atoms with Crippen LogP contribution in [0.2, 0.25) is 0 Å². The van der Waals surface area contributed by atoms with Crippen molar-refractivity contribution in [1.82, 2.24) is 4.98 Å². The van der Waals surface area contributed by atoms with Crippen molar-refractivity contribution in [1.29, 1.82) is 0 Å². The van der Waals surface area contributed by atoms with E-state index in [1.54, 1.807) is 18.3 Å². The van der Waals surface area contributed by atoms with Crippen LogP contribution in [0.3, 0.4) is 0 Å². The Kier molecular flexibility index (Phi) is 4.13. The average Bonchev–Trinajstić information content (AvgIpc) is 2.45. The lowest BCUT2D eigenvalue weighted by Crippen LogP contribution is -2.04. The maximum atomic E-state index is 11.5. The number of aryl methyl sites for hydroxylation is 1. The van der Waals surface area contributed by atoms with E-state index in [2.05, 4.69) is 4.98 Å². The third-order valence-electron chi connectivity index (χ3n) is 2.72. The number of nitrogens with zero attached hydrogens (tertiary/aromatic N) is 1. The second-order valence-electron chi connectivity index (χ2n) is 4.08. The van der Waals surface area contributed by atoms with Crippen molar-refractivity contribution in [2.24, 2.45) is 0 Å². The van der Waals surface area contributed by atoms with Crippen LogP contribution in [0.5, 0.6) is 5.75 Å². The van der Waals surface area contributed by atoms with Gasteiger partial charge in [-0.2, -0.15) is 0 Å². The van der Waals surface area contributed by atoms with Crippen molar-refractivity contribution in [2.45, 2.75) is 13.5 Å². The Labute approximate surface area is 112 Å². The number of esters is 1. The number of ether oxygens (including phenoxy) is 2. The highest BCUT2D eigenvalue weighted by Crippen LogP contribution is 2.18. The van der Waals surface area contributed by atoms with Gasteiger partial charge in [-0.1, -0.05) is 6.07 Å². The molecule has 0 bridgehead atoms. The van der Waals surface area contributed by atoms with Crippen molar-refractivity contribution in [2.75, 3.05) is 7.11 Å². The minimum absolute atomic E-state index is 0.339. The van der Waals surface area contributed by atoms with E-state index in [0.29, 0.717) is 17.9 Å². The van der Waals surface area contributed by atoms with Crippen molar-refractivity contribution in [3.63, 3.8) is 0 Å². The van der Waals surface area contributed by atoms with Crippen molar-refractivity contribution in [3.8, 4) is 5.75 Å². The fraction of sp³-hybridized carbons (Fsp3) is 0.200. The zero-order valence-electron chi connectivity index (χ0n) is 10.9. The van der Waals surface area contributed by atoms with Gasteiger partial charge in [-0.05, 0) is 42.8 Å². The van der Waals surface area contributed by atoms with E-state index in [9.17, 15) is 4.79 Å². The first-order valence-corrected chi connectivity index (χ1v) is 5.92. The molecular weight excluding hydrogens is 242 g/mol. The molecule has 0 saturated heterocycles. The SMILES string of the molecule is COC(=O)c1ccc(OCc2ccccn2)cc1C. The molecule has 2 rings (SSSR count). The molecule has 0 aliphatic rings. The van der Waals surface area contributed by atoms with Crippen LogP contribution in [0.4, 0.5) is 0 Å². The van der Waals surface area contributed by atoms with Gasteiger partial charge in [-0.25, -0.2) is 4.79 Å². The van der Waals surface area contributed by atoms with E-state index in [1.807, 2.05) is 31.2 Å². The first-order chi connectivity index (χ1) is 9.20.